The Balaban J connectivity index is 1.18. The summed E-state index contributed by atoms with van der Waals surface area (Å²) in [5, 5.41) is 2.00. The summed E-state index contributed by atoms with van der Waals surface area (Å²) >= 11 is 1.62. The van der Waals surface area contributed by atoms with Crippen LogP contribution in [-0.2, 0) is 16.0 Å². The molecule has 1 aromatic rings. The van der Waals surface area contributed by atoms with Gasteiger partial charge >= 0.3 is 0 Å². The number of piperidine rings is 2. The lowest BCUT2D eigenvalue weighted by molar-refractivity contribution is -0.231. The second kappa shape index (κ2) is 7.17. The fourth-order valence-electron chi connectivity index (χ4n) is 4.37. The maximum atomic E-state index is 13.2. The van der Waals surface area contributed by atoms with E-state index in [0.29, 0.717) is 19.5 Å². The molecular formula is C19H26F2N2O2S. The van der Waals surface area contributed by atoms with E-state index in [1.807, 2.05) is 22.4 Å². The van der Waals surface area contributed by atoms with Crippen molar-refractivity contribution in [1.82, 2.24) is 9.80 Å². The fourth-order valence-corrected chi connectivity index (χ4v) is 5.07. The van der Waals surface area contributed by atoms with Crippen LogP contribution in [-0.4, -0.2) is 66.1 Å². The number of ether oxygens (including phenoxy) is 1. The molecule has 0 N–H and O–H groups in total. The summed E-state index contributed by atoms with van der Waals surface area (Å²) in [4.78, 5) is 17.6. The van der Waals surface area contributed by atoms with E-state index in [9.17, 15) is 13.6 Å². The second-order valence-corrected chi connectivity index (χ2v) is 8.95. The molecule has 0 radical (unpaired) electrons. The summed E-state index contributed by atoms with van der Waals surface area (Å²) in [6.07, 6.45) is 3.35. The lowest BCUT2D eigenvalue weighted by Crippen LogP contribution is -2.60. The highest BCUT2D eigenvalue weighted by Gasteiger charge is 2.48. The largest absolute Gasteiger partial charge is 0.370 e. The predicted molar refractivity (Wildman–Crippen MR) is 96.7 cm³/mol. The molecule has 3 aliphatic rings. The number of halogens is 2. The van der Waals surface area contributed by atoms with Crippen molar-refractivity contribution in [2.45, 2.75) is 56.2 Å². The number of thiophene rings is 1. The van der Waals surface area contributed by atoms with Crippen molar-refractivity contribution < 1.29 is 18.3 Å². The zero-order chi connectivity index (χ0) is 18.2. The van der Waals surface area contributed by atoms with Gasteiger partial charge < -0.3 is 14.5 Å². The molecule has 1 amide bonds. The first-order chi connectivity index (χ1) is 12.4. The van der Waals surface area contributed by atoms with Gasteiger partial charge in [-0.1, -0.05) is 6.07 Å². The van der Waals surface area contributed by atoms with Crippen molar-refractivity contribution in [3.8, 4) is 0 Å². The lowest BCUT2D eigenvalue weighted by atomic mass is 9.80. The maximum absolute atomic E-state index is 13.2. The monoisotopic (exact) mass is 384 g/mol. The molecule has 4 heterocycles. The van der Waals surface area contributed by atoms with Crippen LogP contribution in [0.5, 0.6) is 0 Å². The lowest BCUT2D eigenvalue weighted by Gasteiger charge is -2.53. The number of carbonyl (C=O) groups excluding carboxylic acids is 1. The minimum Gasteiger partial charge on any atom is -0.370 e. The van der Waals surface area contributed by atoms with E-state index >= 15 is 0 Å². The average Bonchev–Trinajstić information content (AvgIpc) is 3.09. The third kappa shape index (κ3) is 4.10. The van der Waals surface area contributed by atoms with E-state index in [2.05, 4.69) is 4.90 Å². The summed E-state index contributed by atoms with van der Waals surface area (Å²) in [5.74, 6) is -2.28. The van der Waals surface area contributed by atoms with Crippen LogP contribution < -0.4 is 0 Å². The highest BCUT2D eigenvalue weighted by molar-refractivity contribution is 7.10. The van der Waals surface area contributed by atoms with Crippen LogP contribution >= 0.6 is 11.3 Å². The number of nitrogens with zero attached hydrogens (tertiary/aromatic N) is 2. The molecule has 144 valence electrons. The van der Waals surface area contributed by atoms with Crippen LogP contribution in [0.4, 0.5) is 8.78 Å². The van der Waals surface area contributed by atoms with Crippen LogP contribution in [0.3, 0.4) is 0 Å². The van der Waals surface area contributed by atoms with Gasteiger partial charge in [-0.2, -0.15) is 0 Å². The Morgan fingerprint density at radius 1 is 1.19 bits per heavy atom. The molecule has 0 aromatic carbocycles. The Kier molecular flexibility index (Phi) is 5.05. The van der Waals surface area contributed by atoms with Crippen molar-refractivity contribution in [3.63, 3.8) is 0 Å². The number of alkyl halides is 2. The van der Waals surface area contributed by atoms with Crippen molar-refractivity contribution >= 4 is 17.2 Å². The first kappa shape index (κ1) is 18.3. The SMILES string of the molecule is O=C(Cc1cccs1)N1CCC2(CC1)C[C@H](CN1CCC(F)(F)CC1)O2. The molecule has 0 unspecified atom stereocenters. The molecular weight excluding hydrogens is 358 g/mol. The fraction of sp³-hybridized carbons (Fsp3) is 0.737. The molecule has 26 heavy (non-hydrogen) atoms. The highest BCUT2D eigenvalue weighted by atomic mass is 32.1. The van der Waals surface area contributed by atoms with E-state index in [0.717, 1.165) is 43.8 Å². The highest BCUT2D eigenvalue weighted by Crippen LogP contribution is 2.42. The topological polar surface area (TPSA) is 32.8 Å². The van der Waals surface area contributed by atoms with Crippen molar-refractivity contribution in [2.24, 2.45) is 0 Å². The standard InChI is InChI=1S/C19H26F2N2O2S/c20-19(21)5-7-22(8-6-19)14-15-13-18(25-15)3-9-23(10-4-18)17(24)12-16-2-1-11-26-16/h1-2,11,15H,3-10,12-14H2/t15-/m1/s1. The van der Waals surface area contributed by atoms with Crippen LogP contribution in [0.2, 0.25) is 0 Å². The van der Waals surface area contributed by atoms with Gasteiger partial charge in [0.25, 0.3) is 5.92 Å². The first-order valence-corrected chi connectivity index (χ1v) is 10.4. The minimum absolute atomic E-state index is 0.0355. The molecule has 0 aliphatic carbocycles. The quantitative estimate of drug-likeness (QED) is 0.799. The van der Waals surface area contributed by atoms with Crippen LogP contribution in [0.15, 0.2) is 17.5 Å². The molecule has 0 saturated carbocycles. The van der Waals surface area contributed by atoms with E-state index in [1.54, 1.807) is 11.3 Å². The zero-order valence-electron chi connectivity index (χ0n) is 15.0. The van der Waals surface area contributed by atoms with Gasteiger partial charge in [0.15, 0.2) is 0 Å². The molecule has 0 bridgehead atoms. The molecule has 3 saturated heterocycles. The molecule has 3 aliphatic heterocycles. The van der Waals surface area contributed by atoms with Crippen molar-refractivity contribution in [2.75, 3.05) is 32.7 Å². The van der Waals surface area contributed by atoms with Crippen molar-refractivity contribution in [3.05, 3.63) is 22.4 Å². The van der Waals surface area contributed by atoms with Gasteiger partial charge in [0.2, 0.25) is 5.91 Å². The third-order valence-corrected chi connectivity index (χ3v) is 6.88. The van der Waals surface area contributed by atoms with Gasteiger partial charge in [-0.15, -0.1) is 11.3 Å². The van der Waals surface area contributed by atoms with E-state index in [1.165, 1.54) is 0 Å². The van der Waals surface area contributed by atoms with Gasteiger partial charge in [-0.05, 0) is 24.3 Å². The Bertz CT molecular complexity index is 611. The van der Waals surface area contributed by atoms with Gasteiger partial charge in [0, 0.05) is 56.9 Å². The summed E-state index contributed by atoms with van der Waals surface area (Å²) in [7, 11) is 0. The van der Waals surface area contributed by atoms with Gasteiger partial charge in [0.1, 0.15) is 0 Å². The van der Waals surface area contributed by atoms with Gasteiger partial charge in [-0.25, -0.2) is 8.78 Å². The number of carbonyl (C=O) groups is 1. The molecule has 1 aromatic heterocycles. The summed E-state index contributed by atoms with van der Waals surface area (Å²) in [6, 6.07) is 3.98. The number of hydrogen-bond acceptors (Lipinski definition) is 4. The van der Waals surface area contributed by atoms with Gasteiger partial charge in [-0.3, -0.25) is 4.79 Å². The molecule has 7 heteroatoms. The van der Waals surface area contributed by atoms with E-state index in [-0.39, 0.29) is 30.5 Å². The second-order valence-electron chi connectivity index (χ2n) is 7.92. The zero-order valence-corrected chi connectivity index (χ0v) is 15.8. The Morgan fingerprint density at radius 3 is 2.50 bits per heavy atom. The molecule has 1 spiro atoms. The Morgan fingerprint density at radius 2 is 1.88 bits per heavy atom. The first-order valence-electron chi connectivity index (χ1n) is 9.51. The molecule has 3 fully saturated rings. The van der Waals surface area contributed by atoms with Crippen molar-refractivity contribution in [1.29, 1.82) is 0 Å². The molecule has 1 atom stereocenters. The average molecular weight is 384 g/mol. The summed E-state index contributed by atoms with van der Waals surface area (Å²) in [5.41, 5.74) is -0.0793. The number of amides is 1. The van der Waals surface area contributed by atoms with Gasteiger partial charge in [0.05, 0.1) is 18.1 Å². The molecule has 4 nitrogen and oxygen atoms in total. The third-order valence-electron chi connectivity index (χ3n) is 6.00. The van der Waals surface area contributed by atoms with Crippen LogP contribution in [0.25, 0.3) is 0 Å². The number of likely N-dealkylation sites (tertiary alicyclic amines) is 2. The predicted octanol–water partition coefficient (Wildman–Crippen LogP) is 3.17. The Labute approximate surface area is 157 Å². The number of hydrogen-bond donors (Lipinski definition) is 0. The normalized spacial score (nSPS) is 28.1. The summed E-state index contributed by atoms with van der Waals surface area (Å²) in [6.45, 7) is 3.20. The van der Waals surface area contributed by atoms with Crippen LogP contribution in [0, 0.1) is 0 Å². The molecule has 4 rings (SSSR count). The van der Waals surface area contributed by atoms with E-state index < -0.39 is 5.92 Å². The van der Waals surface area contributed by atoms with E-state index in [4.69, 9.17) is 4.74 Å². The maximum Gasteiger partial charge on any atom is 0.250 e. The number of rotatable bonds is 4. The Hall–Kier alpha value is -1.05. The summed E-state index contributed by atoms with van der Waals surface area (Å²) < 4.78 is 32.6. The minimum atomic E-state index is -2.49. The smallest absolute Gasteiger partial charge is 0.250 e. The van der Waals surface area contributed by atoms with Crippen LogP contribution in [0.1, 0.15) is 37.0 Å².